The molecule has 0 atom stereocenters. The first kappa shape index (κ1) is 14.9. The molecule has 0 spiro atoms. The van der Waals surface area contributed by atoms with Gasteiger partial charge < -0.3 is 10.6 Å². The van der Waals surface area contributed by atoms with Crippen molar-refractivity contribution in [2.45, 2.75) is 0 Å². The maximum absolute atomic E-state index is 11.9. The molecule has 0 rings (SSSR count). The molecule has 2 N–H and O–H groups in total. The summed E-state index contributed by atoms with van der Waals surface area (Å²) in [5.74, 6) is -0.217. The third kappa shape index (κ3) is 5.49. The zero-order valence-electron chi connectivity index (χ0n) is 9.88. The van der Waals surface area contributed by atoms with Gasteiger partial charge in [0.25, 0.3) is 5.91 Å². The summed E-state index contributed by atoms with van der Waals surface area (Å²) in [6, 6.07) is 0. The third-order valence-electron chi connectivity index (χ3n) is 1.86. The first-order valence-electron chi connectivity index (χ1n) is 5.13. The Balaban J connectivity index is 4.92. The van der Waals surface area contributed by atoms with E-state index < -0.39 is 0 Å². The van der Waals surface area contributed by atoms with Crippen molar-refractivity contribution in [2.24, 2.45) is 5.73 Å². The Labute approximate surface area is 103 Å². The van der Waals surface area contributed by atoms with Crippen molar-refractivity contribution in [3.8, 4) is 0 Å². The van der Waals surface area contributed by atoms with E-state index in [0.717, 1.165) is 0 Å². The number of nitrogens with zero attached hydrogens (tertiary/aromatic N) is 1. The maximum Gasteiger partial charge on any atom is 0.258 e. The van der Waals surface area contributed by atoms with Gasteiger partial charge in [-0.15, -0.1) is 0 Å². The quantitative estimate of drug-likeness (QED) is 0.414. The molecule has 0 aliphatic heterocycles. The highest BCUT2D eigenvalue weighted by Crippen LogP contribution is 2.04. The Morgan fingerprint density at radius 2 is 1.82 bits per heavy atom. The minimum atomic E-state index is -0.217. The summed E-state index contributed by atoms with van der Waals surface area (Å²) in [6.45, 7) is 10.7. The largest absolute Gasteiger partial charge is 0.313 e. The summed E-state index contributed by atoms with van der Waals surface area (Å²) in [4.78, 5) is 13.2. The minimum absolute atomic E-state index is 0.0904. The fourth-order valence-corrected chi connectivity index (χ4v) is 1.03. The molecule has 0 unspecified atom stereocenters. The number of allylic oxidation sites excluding steroid dienone is 6. The van der Waals surface area contributed by atoms with E-state index in [9.17, 15) is 4.79 Å². The number of nitrogens with two attached hydrogens (primary N) is 1. The zero-order chi connectivity index (χ0) is 13.1. The molecule has 0 saturated heterocycles. The monoisotopic (exact) mass is 230 g/mol. The van der Waals surface area contributed by atoms with Crippen LogP contribution in [0.25, 0.3) is 0 Å². The Hall–Kier alpha value is -2.13. The number of rotatable bonds is 7. The Morgan fingerprint density at radius 1 is 1.12 bits per heavy atom. The standard InChI is InChI=1S/C14H18N2O/c1-4-7-8-9-11-13(10-5-2)14(17)16(6-3)12-15/h4-11H,1-3,12,15H2/b8-7+,11-9-,13-10-. The van der Waals surface area contributed by atoms with Gasteiger partial charge in [0.05, 0.1) is 6.67 Å². The highest BCUT2D eigenvalue weighted by atomic mass is 16.2. The van der Waals surface area contributed by atoms with Gasteiger partial charge in [-0.05, 0) is 6.08 Å². The normalized spacial score (nSPS) is 11.7. The molecule has 1 amide bonds. The first-order valence-corrected chi connectivity index (χ1v) is 5.13. The molecule has 0 bridgehead atoms. The van der Waals surface area contributed by atoms with Crippen molar-refractivity contribution < 1.29 is 4.79 Å². The summed E-state index contributed by atoms with van der Waals surface area (Å²) in [6.07, 6.45) is 13.2. The zero-order valence-corrected chi connectivity index (χ0v) is 9.88. The van der Waals surface area contributed by atoms with Gasteiger partial charge >= 0.3 is 0 Å². The summed E-state index contributed by atoms with van der Waals surface area (Å²) in [5.41, 5.74) is 5.91. The highest BCUT2D eigenvalue weighted by molar-refractivity contribution is 5.97. The van der Waals surface area contributed by atoms with Crippen molar-refractivity contribution in [1.29, 1.82) is 0 Å². The summed E-state index contributed by atoms with van der Waals surface area (Å²) in [7, 11) is 0. The van der Waals surface area contributed by atoms with Crippen LogP contribution in [0, 0.1) is 0 Å². The molecule has 90 valence electrons. The first-order chi connectivity index (χ1) is 8.21. The smallest absolute Gasteiger partial charge is 0.258 e. The molecule has 0 saturated carbocycles. The number of carbonyl (C=O) groups excluding carboxylic acids is 1. The Bertz CT molecular complexity index is 376. The van der Waals surface area contributed by atoms with Crippen LogP contribution in [0.3, 0.4) is 0 Å². The fourth-order valence-electron chi connectivity index (χ4n) is 1.03. The van der Waals surface area contributed by atoms with Crippen LogP contribution in [0.4, 0.5) is 0 Å². The van der Waals surface area contributed by atoms with Gasteiger partial charge in [0, 0.05) is 11.8 Å². The molecule has 3 heteroatoms. The van der Waals surface area contributed by atoms with Crippen LogP contribution in [-0.4, -0.2) is 17.5 Å². The average Bonchev–Trinajstić information content (AvgIpc) is 2.34. The lowest BCUT2D eigenvalue weighted by atomic mass is 10.2. The summed E-state index contributed by atoms with van der Waals surface area (Å²) < 4.78 is 0. The van der Waals surface area contributed by atoms with Gasteiger partial charge in [0.15, 0.2) is 0 Å². The van der Waals surface area contributed by atoms with E-state index in [1.54, 1.807) is 42.5 Å². The van der Waals surface area contributed by atoms with E-state index in [2.05, 4.69) is 19.7 Å². The van der Waals surface area contributed by atoms with Crippen LogP contribution in [0.1, 0.15) is 0 Å². The third-order valence-corrected chi connectivity index (χ3v) is 1.86. The number of hydrogen-bond acceptors (Lipinski definition) is 2. The van der Waals surface area contributed by atoms with E-state index in [1.807, 2.05) is 0 Å². The minimum Gasteiger partial charge on any atom is -0.313 e. The number of carbonyl (C=O) groups is 1. The lowest BCUT2D eigenvalue weighted by molar-refractivity contribution is -0.124. The van der Waals surface area contributed by atoms with Crippen LogP contribution >= 0.6 is 0 Å². The maximum atomic E-state index is 11.9. The summed E-state index contributed by atoms with van der Waals surface area (Å²) in [5, 5.41) is 0. The van der Waals surface area contributed by atoms with E-state index >= 15 is 0 Å². The van der Waals surface area contributed by atoms with Gasteiger partial charge in [-0.1, -0.05) is 56.2 Å². The topological polar surface area (TPSA) is 46.3 Å². The van der Waals surface area contributed by atoms with Crippen molar-refractivity contribution >= 4 is 5.91 Å². The lowest BCUT2D eigenvalue weighted by Gasteiger charge is -2.15. The lowest BCUT2D eigenvalue weighted by Crippen LogP contribution is -2.31. The molecule has 0 aliphatic carbocycles. The van der Waals surface area contributed by atoms with Crippen LogP contribution in [0.15, 0.2) is 74.0 Å². The van der Waals surface area contributed by atoms with Crippen molar-refractivity contribution in [1.82, 2.24) is 4.90 Å². The highest BCUT2D eigenvalue weighted by Gasteiger charge is 2.11. The van der Waals surface area contributed by atoms with E-state index in [-0.39, 0.29) is 12.6 Å². The molecule has 3 nitrogen and oxygen atoms in total. The van der Waals surface area contributed by atoms with Crippen molar-refractivity contribution in [2.75, 3.05) is 6.67 Å². The van der Waals surface area contributed by atoms with Crippen LogP contribution in [0.2, 0.25) is 0 Å². The SMILES string of the molecule is C=C/C=C(/C=C\C=C\C=C)C(=O)N(C=C)CN. The van der Waals surface area contributed by atoms with Gasteiger partial charge in [-0.2, -0.15) is 0 Å². The molecule has 0 aliphatic rings. The molecule has 17 heavy (non-hydrogen) atoms. The fraction of sp³-hybridized carbons (Fsp3) is 0.0714. The van der Waals surface area contributed by atoms with Crippen LogP contribution in [0.5, 0.6) is 0 Å². The van der Waals surface area contributed by atoms with Gasteiger partial charge in [0.1, 0.15) is 0 Å². The van der Waals surface area contributed by atoms with E-state index in [1.165, 1.54) is 11.1 Å². The predicted octanol–water partition coefficient (Wildman–Crippen LogP) is 2.29. The Morgan fingerprint density at radius 3 is 2.29 bits per heavy atom. The second kappa shape index (κ2) is 9.12. The molecular weight excluding hydrogens is 212 g/mol. The van der Waals surface area contributed by atoms with E-state index in [0.29, 0.717) is 5.57 Å². The molecular formula is C14H18N2O. The predicted molar refractivity (Wildman–Crippen MR) is 72.9 cm³/mol. The molecule has 0 fully saturated rings. The molecule has 0 aromatic rings. The molecule has 0 radical (unpaired) electrons. The molecule has 0 heterocycles. The van der Waals surface area contributed by atoms with Gasteiger partial charge in [-0.3, -0.25) is 4.79 Å². The van der Waals surface area contributed by atoms with Gasteiger partial charge in [-0.25, -0.2) is 0 Å². The van der Waals surface area contributed by atoms with Crippen LogP contribution in [-0.2, 0) is 4.79 Å². The summed E-state index contributed by atoms with van der Waals surface area (Å²) >= 11 is 0. The second-order valence-electron chi connectivity index (χ2n) is 2.98. The van der Waals surface area contributed by atoms with Gasteiger partial charge in [0.2, 0.25) is 0 Å². The average molecular weight is 230 g/mol. The van der Waals surface area contributed by atoms with Crippen LogP contribution < -0.4 is 5.73 Å². The van der Waals surface area contributed by atoms with Crippen molar-refractivity contribution in [3.63, 3.8) is 0 Å². The van der Waals surface area contributed by atoms with E-state index in [4.69, 9.17) is 5.73 Å². The number of hydrogen-bond donors (Lipinski definition) is 1. The second-order valence-corrected chi connectivity index (χ2v) is 2.98. The number of amides is 1. The molecule has 0 aromatic heterocycles. The van der Waals surface area contributed by atoms with Crippen molar-refractivity contribution in [3.05, 3.63) is 74.0 Å². The Kier molecular flexibility index (Phi) is 7.98. The molecule has 0 aromatic carbocycles.